The minimum atomic E-state index is 0.768. The summed E-state index contributed by atoms with van der Waals surface area (Å²) >= 11 is 0. The molecular weight excluding hydrogens is 186 g/mol. The maximum atomic E-state index is 4.51. The van der Waals surface area contributed by atoms with E-state index in [1.54, 1.807) is 0 Å². The second-order valence-corrected chi connectivity index (χ2v) is 4.31. The van der Waals surface area contributed by atoms with Gasteiger partial charge in [0.25, 0.3) is 0 Å². The summed E-state index contributed by atoms with van der Waals surface area (Å²) in [7, 11) is 0. The number of aromatic nitrogens is 2. The molecule has 1 fully saturated rings. The molecular formula is C12H19N3. The molecule has 1 atom stereocenters. The van der Waals surface area contributed by atoms with E-state index in [2.05, 4.69) is 28.3 Å². The predicted molar refractivity (Wildman–Crippen MR) is 60.8 cm³/mol. The van der Waals surface area contributed by atoms with E-state index < -0.39 is 0 Å². The van der Waals surface area contributed by atoms with Crippen LogP contribution in [0.2, 0.25) is 0 Å². The Kier molecular flexibility index (Phi) is 3.31. The Morgan fingerprint density at radius 1 is 1.40 bits per heavy atom. The SMILES string of the molecule is CCc1cc(CC2CCNC2)nc(C)n1. The van der Waals surface area contributed by atoms with Gasteiger partial charge in [0, 0.05) is 11.4 Å². The van der Waals surface area contributed by atoms with Crippen LogP contribution in [0.3, 0.4) is 0 Å². The van der Waals surface area contributed by atoms with Gasteiger partial charge < -0.3 is 5.32 Å². The summed E-state index contributed by atoms with van der Waals surface area (Å²) in [4.78, 5) is 8.91. The third-order valence-corrected chi connectivity index (χ3v) is 2.97. The lowest BCUT2D eigenvalue weighted by atomic mass is 10.0. The highest BCUT2D eigenvalue weighted by atomic mass is 14.9. The van der Waals surface area contributed by atoms with Gasteiger partial charge in [-0.05, 0) is 51.3 Å². The standard InChI is InChI=1S/C12H19N3/c1-3-11-7-12(15-9(2)14-11)6-10-4-5-13-8-10/h7,10,13H,3-6,8H2,1-2H3. The monoisotopic (exact) mass is 205 g/mol. The highest BCUT2D eigenvalue weighted by molar-refractivity contribution is 5.12. The summed E-state index contributed by atoms with van der Waals surface area (Å²) in [6, 6.07) is 2.16. The van der Waals surface area contributed by atoms with Crippen molar-refractivity contribution in [1.82, 2.24) is 15.3 Å². The Labute approximate surface area is 91.3 Å². The fourth-order valence-corrected chi connectivity index (χ4v) is 2.17. The molecule has 2 heterocycles. The average Bonchev–Trinajstić information content (AvgIpc) is 2.69. The molecule has 0 radical (unpaired) electrons. The first-order valence-corrected chi connectivity index (χ1v) is 5.82. The predicted octanol–water partition coefficient (Wildman–Crippen LogP) is 1.50. The van der Waals surface area contributed by atoms with Crippen molar-refractivity contribution < 1.29 is 0 Å². The summed E-state index contributed by atoms with van der Waals surface area (Å²) in [5.74, 6) is 1.68. The zero-order valence-electron chi connectivity index (χ0n) is 9.58. The largest absolute Gasteiger partial charge is 0.316 e. The van der Waals surface area contributed by atoms with E-state index in [4.69, 9.17) is 0 Å². The molecule has 0 spiro atoms. The molecule has 3 heteroatoms. The number of nitrogens with zero attached hydrogens (tertiary/aromatic N) is 2. The lowest BCUT2D eigenvalue weighted by Gasteiger charge is -2.09. The van der Waals surface area contributed by atoms with E-state index in [0.29, 0.717) is 0 Å². The number of hydrogen-bond donors (Lipinski definition) is 1. The van der Waals surface area contributed by atoms with Gasteiger partial charge >= 0.3 is 0 Å². The molecule has 0 amide bonds. The molecule has 1 aromatic rings. The van der Waals surface area contributed by atoms with Crippen molar-refractivity contribution in [1.29, 1.82) is 0 Å². The van der Waals surface area contributed by atoms with E-state index in [9.17, 15) is 0 Å². The van der Waals surface area contributed by atoms with Gasteiger partial charge in [-0.2, -0.15) is 0 Å². The molecule has 1 aliphatic heterocycles. The van der Waals surface area contributed by atoms with Crippen molar-refractivity contribution in [2.45, 2.75) is 33.1 Å². The van der Waals surface area contributed by atoms with E-state index in [-0.39, 0.29) is 0 Å². The zero-order valence-corrected chi connectivity index (χ0v) is 9.58. The quantitative estimate of drug-likeness (QED) is 0.812. The maximum Gasteiger partial charge on any atom is 0.125 e. The highest BCUT2D eigenvalue weighted by Crippen LogP contribution is 2.14. The normalized spacial score (nSPS) is 20.8. The van der Waals surface area contributed by atoms with Gasteiger partial charge in [-0.1, -0.05) is 6.92 Å². The van der Waals surface area contributed by atoms with Crippen molar-refractivity contribution in [3.8, 4) is 0 Å². The Bertz CT molecular complexity index is 330. The van der Waals surface area contributed by atoms with Gasteiger partial charge in [-0.15, -0.1) is 0 Å². The summed E-state index contributed by atoms with van der Waals surface area (Å²) in [6.45, 7) is 6.43. The van der Waals surface area contributed by atoms with Crippen molar-refractivity contribution in [2.24, 2.45) is 5.92 Å². The summed E-state index contributed by atoms with van der Waals surface area (Å²) in [5, 5.41) is 3.39. The molecule has 0 saturated carbocycles. The fourth-order valence-electron chi connectivity index (χ4n) is 2.17. The van der Waals surface area contributed by atoms with E-state index >= 15 is 0 Å². The van der Waals surface area contributed by atoms with Gasteiger partial charge in [-0.3, -0.25) is 0 Å². The van der Waals surface area contributed by atoms with Crippen LogP contribution in [0, 0.1) is 12.8 Å². The lowest BCUT2D eigenvalue weighted by Crippen LogP contribution is -2.12. The second-order valence-electron chi connectivity index (χ2n) is 4.31. The van der Waals surface area contributed by atoms with Crippen molar-refractivity contribution >= 4 is 0 Å². The molecule has 15 heavy (non-hydrogen) atoms. The van der Waals surface area contributed by atoms with Gasteiger partial charge in [0.2, 0.25) is 0 Å². The number of hydrogen-bond acceptors (Lipinski definition) is 3. The topological polar surface area (TPSA) is 37.8 Å². The van der Waals surface area contributed by atoms with Crippen molar-refractivity contribution in [2.75, 3.05) is 13.1 Å². The van der Waals surface area contributed by atoms with Crippen LogP contribution in [0.15, 0.2) is 6.07 Å². The first-order valence-electron chi connectivity index (χ1n) is 5.82. The molecule has 0 aliphatic carbocycles. The summed E-state index contributed by atoms with van der Waals surface area (Å²) < 4.78 is 0. The molecule has 1 unspecified atom stereocenters. The number of aryl methyl sites for hydroxylation is 2. The Morgan fingerprint density at radius 2 is 2.20 bits per heavy atom. The molecule has 1 saturated heterocycles. The Morgan fingerprint density at radius 3 is 2.87 bits per heavy atom. The van der Waals surface area contributed by atoms with Crippen molar-refractivity contribution in [3.05, 3.63) is 23.3 Å². The smallest absolute Gasteiger partial charge is 0.125 e. The first kappa shape index (κ1) is 10.6. The third-order valence-electron chi connectivity index (χ3n) is 2.97. The van der Waals surface area contributed by atoms with Gasteiger partial charge in [0.15, 0.2) is 0 Å². The molecule has 3 nitrogen and oxygen atoms in total. The molecule has 1 aromatic heterocycles. The minimum absolute atomic E-state index is 0.768. The third kappa shape index (κ3) is 2.75. The number of rotatable bonds is 3. The summed E-state index contributed by atoms with van der Waals surface area (Å²) in [6.07, 6.45) is 3.38. The molecule has 1 aliphatic rings. The molecule has 2 rings (SSSR count). The zero-order chi connectivity index (χ0) is 10.7. The van der Waals surface area contributed by atoms with E-state index in [0.717, 1.165) is 37.7 Å². The molecule has 0 aromatic carbocycles. The molecule has 1 N–H and O–H groups in total. The molecule has 0 bridgehead atoms. The van der Waals surface area contributed by atoms with Crippen LogP contribution in [0.4, 0.5) is 0 Å². The fraction of sp³-hybridized carbons (Fsp3) is 0.667. The van der Waals surface area contributed by atoms with Crippen LogP contribution >= 0.6 is 0 Å². The van der Waals surface area contributed by atoms with Gasteiger partial charge in [0.1, 0.15) is 5.82 Å². The van der Waals surface area contributed by atoms with Crippen LogP contribution in [-0.4, -0.2) is 23.1 Å². The average molecular weight is 205 g/mol. The number of nitrogens with one attached hydrogen (secondary N) is 1. The Hall–Kier alpha value is -0.960. The first-order chi connectivity index (χ1) is 7.28. The van der Waals surface area contributed by atoms with Crippen LogP contribution in [0.5, 0.6) is 0 Å². The van der Waals surface area contributed by atoms with Crippen LogP contribution in [0.1, 0.15) is 30.6 Å². The van der Waals surface area contributed by atoms with Gasteiger partial charge in [0.05, 0.1) is 0 Å². The molecule has 82 valence electrons. The second kappa shape index (κ2) is 4.71. The van der Waals surface area contributed by atoms with Crippen molar-refractivity contribution in [3.63, 3.8) is 0 Å². The van der Waals surface area contributed by atoms with E-state index in [1.807, 2.05) is 6.92 Å². The van der Waals surface area contributed by atoms with Crippen LogP contribution < -0.4 is 5.32 Å². The van der Waals surface area contributed by atoms with Crippen LogP contribution in [0.25, 0.3) is 0 Å². The van der Waals surface area contributed by atoms with E-state index in [1.165, 1.54) is 17.8 Å². The minimum Gasteiger partial charge on any atom is -0.316 e. The van der Waals surface area contributed by atoms with Gasteiger partial charge in [-0.25, -0.2) is 9.97 Å². The lowest BCUT2D eigenvalue weighted by molar-refractivity contribution is 0.569. The Balaban J connectivity index is 2.09. The maximum absolute atomic E-state index is 4.51. The summed E-state index contributed by atoms with van der Waals surface area (Å²) in [5.41, 5.74) is 2.39. The van der Waals surface area contributed by atoms with Crippen LogP contribution in [-0.2, 0) is 12.8 Å². The highest BCUT2D eigenvalue weighted by Gasteiger charge is 2.15.